The molecule has 0 aromatic heterocycles. The summed E-state index contributed by atoms with van der Waals surface area (Å²) in [5.74, 6) is -3.42. The van der Waals surface area contributed by atoms with E-state index in [1.165, 1.54) is 12.1 Å². The van der Waals surface area contributed by atoms with Gasteiger partial charge < -0.3 is 0 Å². The van der Waals surface area contributed by atoms with E-state index in [1.807, 2.05) is 0 Å². The van der Waals surface area contributed by atoms with E-state index in [4.69, 9.17) is 0 Å². The van der Waals surface area contributed by atoms with Gasteiger partial charge in [0.1, 0.15) is 28.6 Å². The summed E-state index contributed by atoms with van der Waals surface area (Å²) in [6.07, 6.45) is 1.06. The fraction of sp³-hybridized carbons (Fsp3) is 0.125. The lowest BCUT2D eigenvalue weighted by Gasteiger charge is -2.19. The van der Waals surface area contributed by atoms with Crippen LogP contribution in [0.25, 0.3) is 0 Å². The zero-order valence-corrected chi connectivity index (χ0v) is 12.9. The second-order valence-electron chi connectivity index (χ2n) is 4.98. The van der Waals surface area contributed by atoms with Crippen molar-refractivity contribution in [2.75, 3.05) is 5.75 Å². The summed E-state index contributed by atoms with van der Waals surface area (Å²) in [4.78, 5) is 11.9. The molecule has 3 rings (SSSR count). The van der Waals surface area contributed by atoms with Crippen molar-refractivity contribution in [1.82, 2.24) is 5.01 Å². The monoisotopic (exact) mass is 354 g/mol. The topological polar surface area (TPSA) is 32.7 Å². The Hall–Kier alpha value is -2.35. The van der Waals surface area contributed by atoms with Crippen LogP contribution in [0.15, 0.2) is 41.5 Å². The molecule has 1 atom stereocenters. The van der Waals surface area contributed by atoms with Crippen molar-refractivity contribution in [3.63, 3.8) is 0 Å². The smallest absolute Gasteiger partial charge is 0.254 e. The second-order valence-corrected chi connectivity index (χ2v) is 6.05. The molecule has 2 aromatic rings. The van der Waals surface area contributed by atoms with Crippen molar-refractivity contribution in [2.45, 2.75) is 5.37 Å². The lowest BCUT2D eigenvalue weighted by Crippen LogP contribution is -2.23. The van der Waals surface area contributed by atoms with E-state index in [0.29, 0.717) is 6.07 Å². The number of amides is 1. The highest BCUT2D eigenvalue weighted by Gasteiger charge is 2.34. The average Bonchev–Trinajstić information content (AvgIpc) is 2.87. The van der Waals surface area contributed by atoms with Crippen LogP contribution in [0, 0.1) is 23.3 Å². The first-order valence-corrected chi connectivity index (χ1v) is 7.88. The van der Waals surface area contributed by atoms with Gasteiger partial charge >= 0.3 is 0 Å². The minimum atomic E-state index is -0.831. The number of nitrogens with zero attached hydrogens (tertiary/aromatic N) is 2. The Kier molecular flexibility index (Phi) is 4.57. The van der Waals surface area contributed by atoms with E-state index in [2.05, 4.69) is 5.10 Å². The summed E-state index contributed by atoms with van der Waals surface area (Å²) >= 11 is 1.12. The Morgan fingerprint density at radius 1 is 1.04 bits per heavy atom. The molecule has 24 heavy (non-hydrogen) atoms. The Morgan fingerprint density at radius 2 is 1.71 bits per heavy atom. The molecular formula is C16H10F4N2OS. The van der Waals surface area contributed by atoms with Gasteiger partial charge in [-0.2, -0.15) is 5.10 Å². The van der Waals surface area contributed by atoms with Crippen molar-refractivity contribution in [2.24, 2.45) is 5.10 Å². The van der Waals surface area contributed by atoms with Gasteiger partial charge in [0.25, 0.3) is 5.91 Å². The number of carbonyl (C=O) groups excluding carboxylic acids is 1. The predicted molar refractivity (Wildman–Crippen MR) is 82.4 cm³/mol. The van der Waals surface area contributed by atoms with E-state index in [1.54, 1.807) is 0 Å². The Labute approximate surface area is 139 Å². The number of hydrazone groups is 1. The molecule has 1 aliphatic rings. The van der Waals surface area contributed by atoms with Crippen molar-refractivity contribution in [3.8, 4) is 0 Å². The number of benzene rings is 2. The van der Waals surface area contributed by atoms with Gasteiger partial charge in [-0.3, -0.25) is 4.79 Å². The van der Waals surface area contributed by atoms with E-state index in [9.17, 15) is 22.4 Å². The van der Waals surface area contributed by atoms with Gasteiger partial charge in [-0.1, -0.05) is 6.07 Å². The molecule has 1 unspecified atom stereocenters. The van der Waals surface area contributed by atoms with Gasteiger partial charge in [0, 0.05) is 23.3 Å². The molecule has 124 valence electrons. The average molecular weight is 354 g/mol. The van der Waals surface area contributed by atoms with Gasteiger partial charge in [-0.05, 0) is 18.2 Å². The molecule has 0 spiro atoms. The zero-order valence-electron chi connectivity index (χ0n) is 12.0. The van der Waals surface area contributed by atoms with Gasteiger partial charge in [0.15, 0.2) is 0 Å². The molecule has 3 nitrogen and oxygen atoms in total. The number of thioether (sulfide) groups is 1. The van der Waals surface area contributed by atoms with Crippen LogP contribution in [0.3, 0.4) is 0 Å². The zero-order chi connectivity index (χ0) is 17.3. The third kappa shape index (κ3) is 3.28. The standard InChI is InChI=1S/C16H10F4N2OS/c17-10-2-1-9(13(19)5-10)7-21-22-15(23)8-24-16(22)12-4-3-11(18)6-14(12)20/h1-7,16H,8H2/b21-7+. The highest BCUT2D eigenvalue weighted by atomic mass is 32.2. The first kappa shape index (κ1) is 16.5. The molecule has 0 bridgehead atoms. The van der Waals surface area contributed by atoms with Crippen LogP contribution in [0.5, 0.6) is 0 Å². The maximum absolute atomic E-state index is 13.9. The predicted octanol–water partition coefficient (Wildman–Crippen LogP) is 3.85. The summed E-state index contributed by atoms with van der Waals surface area (Å²) in [5.41, 5.74) is 0.0865. The largest absolute Gasteiger partial charge is 0.272 e. The van der Waals surface area contributed by atoms with Crippen LogP contribution >= 0.6 is 11.8 Å². The van der Waals surface area contributed by atoms with Crippen molar-refractivity contribution >= 4 is 23.9 Å². The molecule has 0 radical (unpaired) electrons. The summed E-state index contributed by atoms with van der Waals surface area (Å²) in [7, 11) is 0. The third-order valence-corrected chi connectivity index (χ3v) is 4.54. The summed E-state index contributed by atoms with van der Waals surface area (Å²) < 4.78 is 53.5. The molecule has 0 saturated carbocycles. The number of halogens is 4. The lowest BCUT2D eigenvalue weighted by atomic mass is 10.2. The van der Waals surface area contributed by atoms with Gasteiger partial charge in [-0.25, -0.2) is 22.6 Å². The van der Waals surface area contributed by atoms with Crippen molar-refractivity contribution in [1.29, 1.82) is 0 Å². The highest BCUT2D eigenvalue weighted by molar-refractivity contribution is 8.00. The third-order valence-electron chi connectivity index (χ3n) is 3.35. The normalized spacial score (nSPS) is 17.9. The second kappa shape index (κ2) is 6.64. The molecule has 0 N–H and O–H groups in total. The van der Waals surface area contributed by atoms with E-state index in [0.717, 1.165) is 41.2 Å². The van der Waals surface area contributed by atoms with E-state index in [-0.39, 0.29) is 16.9 Å². The van der Waals surface area contributed by atoms with Crippen LogP contribution in [0.1, 0.15) is 16.5 Å². The van der Waals surface area contributed by atoms with Gasteiger partial charge in [0.2, 0.25) is 0 Å². The molecule has 2 aromatic carbocycles. The van der Waals surface area contributed by atoms with Crippen molar-refractivity contribution < 1.29 is 22.4 Å². The van der Waals surface area contributed by atoms with E-state index < -0.39 is 34.5 Å². The fourth-order valence-electron chi connectivity index (χ4n) is 2.20. The van der Waals surface area contributed by atoms with Crippen molar-refractivity contribution in [3.05, 3.63) is 70.8 Å². The number of carbonyl (C=O) groups is 1. The molecule has 1 amide bonds. The highest BCUT2D eigenvalue weighted by Crippen LogP contribution is 2.39. The minimum Gasteiger partial charge on any atom is -0.272 e. The Bertz CT molecular complexity index is 828. The first-order chi connectivity index (χ1) is 11.5. The molecule has 1 heterocycles. The van der Waals surface area contributed by atoms with Crippen LogP contribution in [0.2, 0.25) is 0 Å². The SMILES string of the molecule is O=C1CSC(c2ccc(F)cc2F)N1/N=C/c1ccc(F)cc1F. The first-order valence-electron chi connectivity index (χ1n) is 6.83. The van der Waals surface area contributed by atoms with Crippen LogP contribution in [-0.4, -0.2) is 22.9 Å². The fourth-order valence-corrected chi connectivity index (χ4v) is 3.31. The molecule has 8 heteroatoms. The molecule has 0 aliphatic carbocycles. The summed E-state index contributed by atoms with van der Waals surface area (Å²) in [6.45, 7) is 0. The lowest BCUT2D eigenvalue weighted by molar-refractivity contribution is -0.128. The van der Waals surface area contributed by atoms with Gasteiger partial charge in [0.05, 0.1) is 12.0 Å². The summed E-state index contributed by atoms with van der Waals surface area (Å²) in [5, 5.41) is 4.13. The van der Waals surface area contributed by atoms with E-state index >= 15 is 0 Å². The molecular weight excluding hydrogens is 344 g/mol. The maximum Gasteiger partial charge on any atom is 0.254 e. The Balaban J connectivity index is 1.89. The molecule has 1 aliphatic heterocycles. The van der Waals surface area contributed by atoms with Crippen LogP contribution in [0.4, 0.5) is 17.6 Å². The summed E-state index contributed by atoms with van der Waals surface area (Å²) in [6, 6.07) is 5.97. The maximum atomic E-state index is 13.9. The molecule has 1 saturated heterocycles. The van der Waals surface area contributed by atoms with Crippen LogP contribution in [-0.2, 0) is 4.79 Å². The molecule has 1 fully saturated rings. The Morgan fingerprint density at radius 3 is 2.38 bits per heavy atom. The van der Waals surface area contributed by atoms with Gasteiger partial charge in [-0.15, -0.1) is 11.8 Å². The number of hydrogen-bond acceptors (Lipinski definition) is 3. The minimum absolute atomic E-state index is 0.0144. The quantitative estimate of drug-likeness (QED) is 0.620. The van der Waals surface area contributed by atoms with Crippen LogP contribution < -0.4 is 0 Å². The number of hydrogen-bond donors (Lipinski definition) is 0. The number of rotatable bonds is 3.